The summed E-state index contributed by atoms with van der Waals surface area (Å²) in [5, 5.41) is 9.15. The van der Waals surface area contributed by atoms with E-state index in [9.17, 15) is 0 Å². The molecule has 1 aromatic heterocycles. The van der Waals surface area contributed by atoms with Gasteiger partial charge in [-0.1, -0.05) is 0 Å². The molecule has 17 heavy (non-hydrogen) atoms. The van der Waals surface area contributed by atoms with E-state index in [0.29, 0.717) is 23.7 Å². The van der Waals surface area contributed by atoms with Crippen LogP contribution in [-0.4, -0.2) is 23.1 Å². The number of anilines is 1. The van der Waals surface area contributed by atoms with E-state index in [2.05, 4.69) is 16.0 Å². The van der Waals surface area contributed by atoms with Crippen molar-refractivity contribution in [1.82, 2.24) is 4.98 Å². The highest BCUT2D eigenvalue weighted by molar-refractivity contribution is 5.56. The summed E-state index contributed by atoms with van der Waals surface area (Å²) >= 11 is 0. The number of piperidine rings is 1. The van der Waals surface area contributed by atoms with Crippen molar-refractivity contribution in [3.05, 3.63) is 23.9 Å². The summed E-state index contributed by atoms with van der Waals surface area (Å²) in [6.45, 7) is 0. The van der Waals surface area contributed by atoms with Crippen molar-refractivity contribution in [3.63, 3.8) is 0 Å². The summed E-state index contributed by atoms with van der Waals surface area (Å²) in [5.41, 5.74) is 6.73. The standard InChI is InChI=1S/C13H16N4/c14-8-9-2-1-5-16-13(9)17-11-3-4-12(17)7-10(15)6-11/h1-2,5,10-12H,3-4,6-7,15H2. The fraction of sp³-hybridized carbons (Fsp3) is 0.538. The van der Waals surface area contributed by atoms with Crippen molar-refractivity contribution < 1.29 is 0 Å². The predicted octanol–water partition coefficient (Wildman–Crippen LogP) is 1.41. The molecule has 2 N–H and O–H groups in total. The summed E-state index contributed by atoms with van der Waals surface area (Å²) < 4.78 is 0. The highest BCUT2D eigenvalue weighted by atomic mass is 15.3. The Morgan fingerprint density at radius 3 is 2.71 bits per heavy atom. The lowest BCUT2D eigenvalue weighted by Crippen LogP contribution is -2.48. The third kappa shape index (κ3) is 1.67. The van der Waals surface area contributed by atoms with Gasteiger partial charge in [-0.05, 0) is 37.8 Å². The molecule has 4 nitrogen and oxygen atoms in total. The first kappa shape index (κ1) is 10.5. The number of hydrogen-bond donors (Lipinski definition) is 1. The molecule has 0 spiro atoms. The summed E-state index contributed by atoms with van der Waals surface area (Å²) in [4.78, 5) is 6.74. The van der Waals surface area contributed by atoms with Gasteiger partial charge in [0.05, 0.1) is 5.56 Å². The van der Waals surface area contributed by atoms with Crippen molar-refractivity contribution in [3.8, 4) is 6.07 Å². The van der Waals surface area contributed by atoms with E-state index < -0.39 is 0 Å². The van der Waals surface area contributed by atoms with E-state index in [-0.39, 0.29) is 0 Å². The molecule has 2 aliphatic heterocycles. The molecule has 4 heteroatoms. The van der Waals surface area contributed by atoms with Crippen LogP contribution in [-0.2, 0) is 0 Å². The van der Waals surface area contributed by atoms with Gasteiger partial charge >= 0.3 is 0 Å². The molecule has 88 valence electrons. The van der Waals surface area contributed by atoms with Gasteiger partial charge in [-0.2, -0.15) is 5.26 Å². The quantitative estimate of drug-likeness (QED) is 0.789. The van der Waals surface area contributed by atoms with Gasteiger partial charge in [0.25, 0.3) is 0 Å². The second-order valence-corrected chi connectivity index (χ2v) is 5.01. The van der Waals surface area contributed by atoms with Crippen molar-refractivity contribution >= 4 is 5.82 Å². The molecule has 0 aliphatic carbocycles. The van der Waals surface area contributed by atoms with Crippen LogP contribution >= 0.6 is 0 Å². The number of hydrogen-bond acceptors (Lipinski definition) is 4. The minimum absolute atomic E-state index is 0.318. The van der Waals surface area contributed by atoms with E-state index in [1.165, 1.54) is 12.8 Å². The van der Waals surface area contributed by atoms with Gasteiger partial charge in [0, 0.05) is 24.3 Å². The zero-order chi connectivity index (χ0) is 11.8. The number of fused-ring (bicyclic) bond motifs is 2. The smallest absolute Gasteiger partial charge is 0.146 e. The first-order valence-corrected chi connectivity index (χ1v) is 6.18. The Morgan fingerprint density at radius 1 is 1.35 bits per heavy atom. The Bertz CT molecular complexity index is 451. The number of pyridine rings is 1. The minimum Gasteiger partial charge on any atom is -0.349 e. The number of nitrogens with zero attached hydrogens (tertiary/aromatic N) is 3. The molecule has 1 aromatic rings. The largest absolute Gasteiger partial charge is 0.349 e. The molecule has 0 aromatic carbocycles. The van der Waals surface area contributed by atoms with Crippen LogP contribution in [0.5, 0.6) is 0 Å². The average Bonchev–Trinajstić information content (AvgIpc) is 2.61. The second kappa shape index (κ2) is 4.01. The summed E-state index contributed by atoms with van der Waals surface area (Å²) in [7, 11) is 0. The molecule has 2 atom stereocenters. The monoisotopic (exact) mass is 228 g/mol. The van der Waals surface area contributed by atoms with Crippen LogP contribution in [0.2, 0.25) is 0 Å². The topological polar surface area (TPSA) is 65.9 Å². The molecule has 3 heterocycles. The molecule has 2 unspecified atom stereocenters. The Hall–Kier alpha value is -1.60. The maximum absolute atomic E-state index is 9.15. The molecule has 2 bridgehead atoms. The molecule has 2 aliphatic rings. The van der Waals surface area contributed by atoms with Gasteiger partial charge in [0.1, 0.15) is 11.9 Å². The van der Waals surface area contributed by atoms with E-state index in [1.807, 2.05) is 12.1 Å². The first-order valence-electron chi connectivity index (χ1n) is 6.18. The van der Waals surface area contributed by atoms with Crippen LogP contribution in [0, 0.1) is 11.3 Å². The van der Waals surface area contributed by atoms with Crippen molar-refractivity contribution in [2.24, 2.45) is 5.73 Å². The molecule has 0 saturated carbocycles. The number of nitriles is 1. The fourth-order valence-corrected chi connectivity index (χ4v) is 3.25. The van der Waals surface area contributed by atoms with Crippen molar-refractivity contribution in [2.45, 2.75) is 43.8 Å². The lowest BCUT2D eigenvalue weighted by Gasteiger charge is -2.38. The molecule has 2 saturated heterocycles. The van der Waals surface area contributed by atoms with Crippen LogP contribution in [0.4, 0.5) is 5.82 Å². The SMILES string of the molecule is N#Cc1cccnc1N1C2CCC1CC(N)C2. The third-order valence-corrected chi connectivity index (χ3v) is 3.92. The van der Waals surface area contributed by atoms with Crippen LogP contribution in [0.1, 0.15) is 31.2 Å². The molecule has 0 amide bonds. The molecule has 3 rings (SSSR count). The summed E-state index contributed by atoms with van der Waals surface area (Å²) in [6.07, 6.45) is 6.18. The van der Waals surface area contributed by atoms with Crippen molar-refractivity contribution in [1.29, 1.82) is 5.26 Å². The van der Waals surface area contributed by atoms with E-state index in [4.69, 9.17) is 11.0 Å². The number of aromatic nitrogens is 1. The predicted molar refractivity (Wildman–Crippen MR) is 65.5 cm³/mol. The third-order valence-electron chi connectivity index (χ3n) is 3.92. The Labute approximate surface area is 101 Å². The Balaban J connectivity index is 1.98. The lowest BCUT2D eigenvalue weighted by molar-refractivity contribution is 0.412. The highest BCUT2D eigenvalue weighted by Crippen LogP contribution is 2.38. The fourth-order valence-electron chi connectivity index (χ4n) is 3.25. The van der Waals surface area contributed by atoms with Crippen LogP contribution < -0.4 is 10.6 Å². The Morgan fingerprint density at radius 2 is 2.06 bits per heavy atom. The maximum Gasteiger partial charge on any atom is 0.146 e. The van der Waals surface area contributed by atoms with Crippen LogP contribution in [0.25, 0.3) is 0 Å². The number of rotatable bonds is 1. The van der Waals surface area contributed by atoms with E-state index >= 15 is 0 Å². The second-order valence-electron chi connectivity index (χ2n) is 5.01. The number of nitrogens with two attached hydrogens (primary N) is 1. The minimum atomic E-state index is 0.318. The Kier molecular flexibility index (Phi) is 2.49. The molecular weight excluding hydrogens is 212 g/mol. The summed E-state index contributed by atoms with van der Waals surface area (Å²) in [6, 6.07) is 7.17. The molecular formula is C13H16N4. The van der Waals surface area contributed by atoms with Crippen molar-refractivity contribution in [2.75, 3.05) is 4.90 Å². The van der Waals surface area contributed by atoms with Gasteiger partial charge in [-0.25, -0.2) is 4.98 Å². The normalized spacial score (nSPS) is 31.3. The molecule has 2 fully saturated rings. The first-order chi connectivity index (χ1) is 8.29. The molecule has 0 radical (unpaired) electrons. The van der Waals surface area contributed by atoms with Gasteiger partial charge in [0.15, 0.2) is 0 Å². The maximum atomic E-state index is 9.15. The average molecular weight is 228 g/mol. The van der Waals surface area contributed by atoms with Gasteiger partial charge in [-0.3, -0.25) is 0 Å². The van der Waals surface area contributed by atoms with Gasteiger partial charge in [0.2, 0.25) is 0 Å². The zero-order valence-electron chi connectivity index (χ0n) is 9.71. The zero-order valence-corrected chi connectivity index (χ0v) is 9.71. The van der Waals surface area contributed by atoms with Gasteiger partial charge in [-0.15, -0.1) is 0 Å². The van der Waals surface area contributed by atoms with Crippen LogP contribution in [0.15, 0.2) is 18.3 Å². The van der Waals surface area contributed by atoms with Gasteiger partial charge < -0.3 is 10.6 Å². The van der Waals surface area contributed by atoms with E-state index in [1.54, 1.807) is 6.20 Å². The lowest BCUT2D eigenvalue weighted by atomic mass is 9.97. The van der Waals surface area contributed by atoms with Crippen LogP contribution in [0.3, 0.4) is 0 Å². The highest BCUT2D eigenvalue weighted by Gasteiger charge is 2.40. The summed E-state index contributed by atoms with van der Waals surface area (Å²) in [5.74, 6) is 0.856. The van der Waals surface area contributed by atoms with E-state index in [0.717, 1.165) is 18.7 Å².